The number of carboxylic acid groups (broad SMARTS) is 1. The zero-order chi connectivity index (χ0) is 19.5. The zero-order valence-corrected chi connectivity index (χ0v) is 13.3. The molecule has 1 aromatic rings. The molecule has 10 heteroatoms. The Kier molecular flexibility index (Phi) is 5.50. The highest BCUT2D eigenvalue weighted by molar-refractivity contribution is 6.41. The summed E-state index contributed by atoms with van der Waals surface area (Å²) in [6, 6.07) is 4.03. The molecule has 2 amide bonds. The van der Waals surface area contributed by atoms with Gasteiger partial charge in [-0.1, -0.05) is 0 Å². The van der Waals surface area contributed by atoms with Gasteiger partial charge in [-0.15, -0.1) is 0 Å². The number of alkyl halides is 3. The molecule has 0 unspecified atom stereocenters. The van der Waals surface area contributed by atoms with Crippen LogP contribution in [0.3, 0.4) is 0 Å². The van der Waals surface area contributed by atoms with Gasteiger partial charge < -0.3 is 15.3 Å². The van der Waals surface area contributed by atoms with Crippen LogP contribution in [-0.4, -0.2) is 40.9 Å². The van der Waals surface area contributed by atoms with Crippen molar-refractivity contribution in [2.45, 2.75) is 19.0 Å². The van der Waals surface area contributed by atoms with Crippen LogP contribution in [0.1, 0.15) is 24.0 Å². The molecule has 1 aliphatic rings. The predicted molar refractivity (Wildman–Crippen MR) is 82.1 cm³/mol. The molecule has 0 aliphatic carbocycles. The fourth-order valence-corrected chi connectivity index (χ4v) is 2.67. The Morgan fingerprint density at radius 1 is 1.23 bits per heavy atom. The molecule has 1 aliphatic heterocycles. The van der Waals surface area contributed by atoms with Crippen molar-refractivity contribution in [3.63, 3.8) is 0 Å². The number of hydrogen-bond donors (Lipinski definition) is 2. The monoisotopic (exact) mass is 369 g/mol. The smallest absolute Gasteiger partial charge is 0.417 e. The van der Waals surface area contributed by atoms with Crippen molar-refractivity contribution in [1.29, 1.82) is 5.26 Å². The van der Waals surface area contributed by atoms with E-state index in [0.29, 0.717) is 6.07 Å². The Morgan fingerprint density at radius 3 is 2.35 bits per heavy atom. The number of nitrogens with zero attached hydrogens (tertiary/aromatic N) is 2. The van der Waals surface area contributed by atoms with Crippen LogP contribution in [0.2, 0.25) is 0 Å². The van der Waals surface area contributed by atoms with E-state index in [4.69, 9.17) is 10.4 Å². The van der Waals surface area contributed by atoms with Gasteiger partial charge in [-0.05, 0) is 31.0 Å². The second-order valence-corrected chi connectivity index (χ2v) is 5.73. The van der Waals surface area contributed by atoms with Crippen molar-refractivity contribution in [2.75, 3.05) is 18.4 Å². The summed E-state index contributed by atoms with van der Waals surface area (Å²) >= 11 is 0. The first kappa shape index (κ1) is 19.2. The lowest BCUT2D eigenvalue weighted by Gasteiger charge is -2.28. The molecular weight excluding hydrogens is 355 g/mol. The Morgan fingerprint density at radius 2 is 1.85 bits per heavy atom. The molecule has 1 aromatic carbocycles. The molecule has 2 N–H and O–H groups in total. The molecule has 138 valence electrons. The van der Waals surface area contributed by atoms with Gasteiger partial charge >= 0.3 is 12.3 Å². The zero-order valence-electron chi connectivity index (χ0n) is 13.3. The van der Waals surface area contributed by atoms with E-state index in [0.717, 1.165) is 17.0 Å². The van der Waals surface area contributed by atoms with Crippen molar-refractivity contribution in [2.24, 2.45) is 5.92 Å². The molecule has 26 heavy (non-hydrogen) atoms. The highest BCUT2D eigenvalue weighted by Crippen LogP contribution is 2.33. The average molecular weight is 369 g/mol. The number of amides is 2. The molecule has 1 heterocycles. The summed E-state index contributed by atoms with van der Waals surface area (Å²) in [5.74, 6) is -2.57. The number of carbonyl (C=O) groups excluding carboxylic acids is 2. The first-order valence-corrected chi connectivity index (χ1v) is 7.58. The number of anilines is 1. The van der Waals surface area contributed by atoms with E-state index in [2.05, 4.69) is 5.32 Å². The summed E-state index contributed by atoms with van der Waals surface area (Å²) in [6.07, 6.45) is -5.56. The van der Waals surface area contributed by atoms with Gasteiger partial charge in [-0.25, -0.2) is 4.79 Å². The third kappa shape index (κ3) is 4.30. The van der Waals surface area contributed by atoms with E-state index in [1.807, 2.05) is 0 Å². The van der Waals surface area contributed by atoms with E-state index >= 15 is 0 Å². The number of benzene rings is 1. The fourth-order valence-electron chi connectivity index (χ4n) is 2.67. The normalized spacial score (nSPS) is 15.2. The molecule has 1 saturated heterocycles. The maximum absolute atomic E-state index is 12.9. The van der Waals surface area contributed by atoms with Crippen LogP contribution in [0.4, 0.5) is 23.7 Å². The van der Waals surface area contributed by atoms with Crippen molar-refractivity contribution in [3.8, 4) is 6.07 Å². The number of Topliss-reactive ketones (excluding diaryl/α,β-unsaturated/α-hetero) is 1. The maximum atomic E-state index is 12.9. The second-order valence-electron chi connectivity index (χ2n) is 5.73. The third-order valence-electron chi connectivity index (χ3n) is 4.06. The lowest BCUT2D eigenvalue weighted by atomic mass is 9.92. The standard InChI is InChI=1S/C16H14F3N3O4/c17-16(18,19)12-7-11(2-1-10(12)8-20)21-14(24)13(23)9-3-5-22(6-4-9)15(25)26/h1-2,7,9H,3-6H2,(H,21,24)(H,25,26). The SMILES string of the molecule is N#Cc1ccc(NC(=O)C(=O)C2CCN(C(=O)O)CC2)cc1C(F)(F)F. The molecule has 2 rings (SSSR count). The number of halogens is 3. The maximum Gasteiger partial charge on any atom is 0.417 e. The van der Waals surface area contributed by atoms with Gasteiger partial charge in [-0.3, -0.25) is 9.59 Å². The minimum atomic E-state index is -4.78. The van der Waals surface area contributed by atoms with E-state index in [9.17, 15) is 27.6 Å². The highest BCUT2D eigenvalue weighted by Gasteiger charge is 2.35. The Labute approximate surface area is 146 Å². The van der Waals surface area contributed by atoms with E-state index < -0.39 is 41.0 Å². The molecule has 1 fully saturated rings. The minimum absolute atomic E-state index is 0.105. The molecular formula is C16H14F3N3O4. The first-order valence-electron chi connectivity index (χ1n) is 7.58. The van der Waals surface area contributed by atoms with Crippen LogP contribution in [0, 0.1) is 17.2 Å². The Balaban J connectivity index is 2.07. The van der Waals surface area contributed by atoms with Crippen LogP contribution in [0.15, 0.2) is 18.2 Å². The summed E-state index contributed by atoms with van der Waals surface area (Å²) in [4.78, 5) is 36.1. The number of rotatable bonds is 3. The quantitative estimate of drug-likeness (QED) is 0.796. The average Bonchev–Trinajstić information content (AvgIpc) is 2.60. The van der Waals surface area contributed by atoms with Crippen LogP contribution in [-0.2, 0) is 15.8 Å². The number of nitrogens with one attached hydrogen (secondary N) is 1. The number of likely N-dealkylation sites (tertiary alicyclic amines) is 1. The van der Waals surface area contributed by atoms with Crippen LogP contribution in [0.5, 0.6) is 0 Å². The predicted octanol–water partition coefficient (Wildman–Crippen LogP) is 2.47. The van der Waals surface area contributed by atoms with Crippen LogP contribution in [0.25, 0.3) is 0 Å². The Hall–Kier alpha value is -3.09. The van der Waals surface area contributed by atoms with Crippen molar-refractivity contribution < 1.29 is 32.7 Å². The first-order chi connectivity index (χ1) is 12.1. The topological polar surface area (TPSA) is 111 Å². The summed E-state index contributed by atoms with van der Waals surface area (Å²) in [5.41, 5.74) is -2.06. The molecule has 0 radical (unpaired) electrons. The minimum Gasteiger partial charge on any atom is -0.465 e. The van der Waals surface area contributed by atoms with Gasteiger partial charge in [-0.2, -0.15) is 18.4 Å². The van der Waals surface area contributed by atoms with Gasteiger partial charge in [0, 0.05) is 24.7 Å². The lowest BCUT2D eigenvalue weighted by molar-refractivity contribution is -0.138. The molecule has 0 aromatic heterocycles. The molecule has 0 spiro atoms. The van der Waals surface area contributed by atoms with Crippen LogP contribution < -0.4 is 5.32 Å². The van der Waals surface area contributed by atoms with E-state index in [-0.39, 0.29) is 31.6 Å². The van der Waals surface area contributed by atoms with Gasteiger partial charge in [0.1, 0.15) is 0 Å². The molecule has 0 bridgehead atoms. The summed E-state index contributed by atoms with van der Waals surface area (Å²) in [6.45, 7) is 0.211. The lowest BCUT2D eigenvalue weighted by Crippen LogP contribution is -2.41. The van der Waals surface area contributed by atoms with Crippen LogP contribution >= 0.6 is 0 Å². The van der Waals surface area contributed by atoms with Gasteiger partial charge in [0.15, 0.2) is 0 Å². The fraction of sp³-hybridized carbons (Fsp3) is 0.375. The van der Waals surface area contributed by atoms with Crippen molar-refractivity contribution in [3.05, 3.63) is 29.3 Å². The Bertz CT molecular complexity index is 778. The van der Waals surface area contributed by atoms with E-state index in [1.165, 1.54) is 6.07 Å². The number of carbonyl (C=O) groups is 3. The van der Waals surface area contributed by atoms with Gasteiger partial charge in [0.05, 0.1) is 17.2 Å². The number of hydrogen-bond acceptors (Lipinski definition) is 4. The third-order valence-corrected chi connectivity index (χ3v) is 4.06. The molecule has 7 nitrogen and oxygen atoms in total. The highest BCUT2D eigenvalue weighted by atomic mass is 19.4. The number of piperidine rings is 1. The number of nitriles is 1. The summed E-state index contributed by atoms with van der Waals surface area (Å²) in [5, 5.41) is 19.7. The van der Waals surface area contributed by atoms with E-state index in [1.54, 1.807) is 0 Å². The summed E-state index contributed by atoms with van der Waals surface area (Å²) in [7, 11) is 0. The van der Waals surface area contributed by atoms with Crippen molar-refractivity contribution in [1.82, 2.24) is 4.90 Å². The largest absolute Gasteiger partial charge is 0.465 e. The van der Waals surface area contributed by atoms with Gasteiger partial charge in [0.2, 0.25) is 5.78 Å². The number of ketones is 1. The molecule has 0 atom stereocenters. The second kappa shape index (κ2) is 7.43. The summed E-state index contributed by atoms with van der Waals surface area (Å²) < 4.78 is 38.8. The van der Waals surface area contributed by atoms with Crippen molar-refractivity contribution >= 4 is 23.5 Å². The van der Waals surface area contributed by atoms with Gasteiger partial charge in [0.25, 0.3) is 5.91 Å². The molecule has 0 saturated carbocycles.